The third-order valence-electron chi connectivity index (χ3n) is 13.3. The molecular weight excluding hydrogens is 1140 g/mol. The third-order valence-corrected chi connectivity index (χ3v) is 14.4. The lowest BCUT2D eigenvalue weighted by Crippen LogP contribution is -2.08. The van der Waals surface area contributed by atoms with Crippen molar-refractivity contribution in [1.82, 2.24) is 0 Å². The molecule has 2 aliphatic carbocycles. The third kappa shape index (κ3) is 13.7. The van der Waals surface area contributed by atoms with Crippen LogP contribution < -0.4 is 9.80 Å². The molecule has 0 atom stereocenters. The van der Waals surface area contributed by atoms with Gasteiger partial charge in [-0.25, -0.2) is 0 Å². The maximum atomic E-state index is 11.5. The van der Waals surface area contributed by atoms with Gasteiger partial charge in [0.2, 0.25) is 0 Å². The van der Waals surface area contributed by atoms with Crippen LogP contribution in [0.4, 0.5) is 34.1 Å². The quantitative estimate of drug-likeness (QED) is 0.0650. The van der Waals surface area contributed by atoms with Gasteiger partial charge in [-0.1, -0.05) is 71.6 Å². The summed E-state index contributed by atoms with van der Waals surface area (Å²) in [7, 11) is 7.95. The zero-order chi connectivity index (χ0) is 57.0. The first-order valence-electron chi connectivity index (χ1n) is 25.1. The van der Waals surface area contributed by atoms with Crippen molar-refractivity contribution in [1.29, 1.82) is 0 Å². The van der Waals surface area contributed by atoms with Gasteiger partial charge in [0.1, 0.15) is 0 Å². The SMILES string of the molecule is CN(C)c1ccc(C(=C(C#CC2=C(C#CC(Br)=C(c3ccc([N+](=O)[O-])cc3)c3ccc([N+](=O)[O-])cc3)CCC2)C#CC2=C(C#CC(Br)=C(c3ccc([N+](=O)[O-])cc3)c3ccc([N+](=O)[O-])cc3)CCC2)c2ccc(N(C)C)cc2)cc1. The van der Waals surface area contributed by atoms with E-state index in [-0.39, 0.29) is 22.7 Å². The molecule has 0 bridgehead atoms. The van der Waals surface area contributed by atoms with Gasteiger partial charge in [-0.2, -0.15) is 0 Å². The largest absolute Gasteiger partial charge is 0.378 e. The van der Waals surface area contributed by atoms with Gasteiger partial charge in [0.05, 0.1) is 34.2 Å². The highest BCUT2D eigenvalue weighted by atomic mass is 79.9. The molecule has 0 amide bonds. The molecule has 14 nitrogen and oxygen atoms in total. The van der Waals surface area contributed by atoms with Gasteiger partial charge in [-0.05, 0) is 177 Å². The van der Waals surface area contributed by atoms with E-state index in [4.69, 9.17) is 0 Å². The summed E-state index contributed by atoms with van der Waals surface area (Å²) in [6.45, 7) is 0. The normalized spacial score (nSPS) is 12.2. The number of benzene rings is 6. The summed E-state index contributed by atoms with van der Waals surface area (Å²) in [4.78, 5) is 48.3. The summed E-state index contributed by atoms with van der Waals surface area (Å²) in [6.07, 6.45) is 4.33. The van der Waals surface area contributed by atoms with Gasteiger partial charge in [0.15, 0.2) is 0 Å². The van der Waals surface area contributed by atoms with Gasteiger partial charge in [-0.15, -0.1) is 0 Å². The first-order chi connectivity index (χ1) is 38.4. The molecule has 0 aromatic heterocycles. The predicted molar refractivity (Wildman–Crippen MR) is 323 cm³/mol. The zero-order valence-electron chi connectivity index (χ0n) is 43.8. The molecule has 0 aliphatic heterocycles. The van der Waals surface area contributed by atoms with E-state index in [0.717, 1.165) is 63.2 Å². The second-order valence-corrected chi connectivity index (χ2v) is 20.4. The summed E-state index contributed by atoms with van der Waals surface area (Å²) in [5, 5.41) is 46.1. The molecule has 0 fully saturated rings. The van der Waals surface area contributed by atoms with E-state index >= 15 is 0 Å². The van der Waals surface area contributed by atoms with Crippen LogP contribution in [0.1, 0.15) is 71.9 Å². The predicted octanol–water partition coefficient (Wildman–Crippen LogP) is 14.9. The van der Waals surface area contributed by atoms with Gasteiger partial charge >= 0.3 is 0 Å². The van der Waals surface area contributed by atoms with Crippen molar-refractivity contribution in [3.63, 3.8) is 0 Å². The minimum absolute atomic E-state index is 0.0823. The summed E-state index contributed by atoms with van der Waals surface area (Å²) in [5.74, 6) is 27.4. The highest BCUT2D eigenvalue weighted by molar-refractivity contribution is 9.12. The van der Waals surface area contributed by atoms with Gasteiger partial charge < -0.3 is 9.80 Å². The van der Waals surface area contributed by atoms with E-state index < -0.39 is 19.7 Å². The van der Waals surface area contributed by atoms with Crippen LogP contribution in [-0.2, 0) is 0 Å². The Morgan fingerprint density at radius 2 is 0.588 bits per heavy atom. The standard InChI is InChI=1S/C64H48Br2N6O8/c1-67(2)54-29-15-48(16-30-54)62(49-17-31-55(32-18-49)68(3)4)47(13-11-43-7-5-9-45(43)27-41-60(65)63(50-19-33-56(34-20-50)69(73)74)51-21-35-57(36-22-51)70(75)76)14-12-44-8-6-10-46(44)28-42-61(66)64(52-23-37-58(38-24-52)71(77)78)53-25-39-59(40-26-53)72(79)80/h15-26,29-40H,5-10H2,1-4H3. The van der Waals surface area contributed by atoms with Crippen LogP contribution in [0.5, 0.6) is 0 Å². The Morgan fingerprint density at radius 3 is 0.825 bits per heavy atom. The van der Waals surface area contributed by atoms with Crippen LogP contribution in [0.3, 0.4) is 0 Å². The van der Waals surface area contributed by atoms with Crippen LogP contribution in [0.15, 0.2) is 182 Å². The van der Waals surface area contributed by atoms with Crippen molar-refractivity contribution in [3.8, 4) is 47.4 Å². The highest BCUT2D eigenvalue weighted by Gasteiger charge is 2.19. The molecule has 2 aliphatic rings. The summed E-state index contributed by atoms with van der Waals surface area (Å²) < 4.78 is 0.950. The molecule has 0 radical (unpaired) electrons. The minimum atomic E-state index is -0.478. The molecule has 0 heterocycles. The van der Waals surface area contributed by atoms with Gasteiger partial charge in [0, 0.05) is 127 Å². The molecule has 6 aromatic carbocycles. The fourth-order valence-corrected chi connectivity index (χ4v) is 10.1. The van der Waals surface area contributed by atoms with E-state index in [9.17, 15) is 40.5 Å². The Bertz CT molecular complexity index is 3510. The molecule has 396 valence electrons. The van der Waals surface area contributed by atoms with E-state index in [1.165, 1.54) is 48.5 Å². The van der Waals surface area contributed by atoms with Crippen molar-refractivity contribution < 1.29 is 19.7 Å². The molecule has 0 unspecified atom stereocenters. The Kier molecular flexibility index (Phi) is 18.2. The Hall–Kier alpha value is -9.58. The zero-order valence-corrected chi connectivity index (χ0v) is 47.0. The average Bonchev–Trinajstić information content (AvgIpc) is 4.17. The number of non-ortho nitro benzene ring substituents is 4. The smallest absolute Gasteiger partial charge is 0.269 e. The van der Waals surface area contributed by atoms with Crippen molar-refractivity contribution in [3.05, 3.63) is 256 Å². The molecule has 80 heavy (non-hydrogen) atoms. The van der Waals surface area contributed by atoms with E-state index in [1.807, 2.05) is 38.0 Å². The second kappa shape index (κ2) is 25.7. The lowest BCUT2D eigenvalue weighted by Gasteiger charge is -2.16. The Labute approximate surface area is 479 Å². The Morgan fingerprint density at radius 1 is 0.362 bits per heavy atom. The number of rotatable bonds is 12. The monoisotopic (exact) mass is 1190 g/mol. The fourth-order valence-electron chi connectivity index (χ4n) is 9.00. The lowest BCUT2D eigenvalue weighted by atomic mass is 9.92. The number of nitro groups is 4. The van der Waals surface area contributed by atoms with Crippen LogP contribution in [0.2, 0.25) is 0 Å². The molecule has 0 spiro atoms. The summed E-state index contributed by atoms with van der Waals surface area (Å²) in [6, 6.07) is 40.7. The van der Waals surface area contributed by atoms with Crippen molar-refractivity contribution in [2.45, 2.75) is 38.5 Å². The molecule has 0 saturated carbocycles. The van der Waals surface area contributed by atoms with Crippen molar-refractivity contribution in [2.24, 2.45) is 0 Å². The highest BCUT2D eigenvalue weighted by Crippen LogP contribution is 2.36. The van der Waals surface area contributed by atoms with Crippen LogP contribution in [0.25, 0.3) is 16.7 Å². The number of anilines is 2. The minimum Gasteiger partial charge on any atom is -0.378 e. The maximum absolute atomic E-state index is 11.5. The second-order valence-electron chi connectivity index (χ2n) is 18.8. The van der Waals surface area contributed by atoms with E-state index in [0.29, 0.717) is 73.6 Å². The first kappa shape index (κ1) is 56.6. The van der Waals surface area contributed by atoms with Gasteiger partial charge in [0.25, 0.3) is 22.7 Å². The maximum Gasteiger partial charge on any atom is 0.269 e. The molecular formula is C64H48Br2N6O8. The number of hydrogen-bond donors (Lipinski definition) is 0. The number of hydrogen-bond acceptors (Lipinski definition) is 10. The van der Waals surface area contributed by atoms with Crippen molar-refractivity contribution >= 4 is 82.7 Å². The number of nitro benzene ring substituents is 4. The number of allylic oxidation sites excluding steroid dienone is 7. The van der Waals surface area contributed by atoms with E-state index in [1.54, 1.807) is 48.5 Å². The summed E-state index contributed by atoms with van der Waals surface area (Å²) >= 11 is 7.41. The van der Waals surface area contributed by atoms with Crippen LogP contribution >= 0.6 is 31.9 Å². The van der Waals surface area contributed by atoms with Crippen LogP contribution in [0, 0.1) is 87.8 Å². The van der Waals surface area contributed by atoms with Crippen LogP contribution in [-0.4, -0.2) is 47.9 Å². The first-order valence-corrected chi connectivity index (χ1v) is 26.6. The average molecular weight is 1190 g/mol. The van der Waals surface area contributed by atoms with Crippen molar-refractivity contribution in [2.75, 3.05) is 38.0 Å². The summed E-state index contributed by atoms with van der Waals surface area (Å²) in [5.41, 5.74) is 12.0. The van der Waals surface area contributed by atoms with E-state index in [2.05, 4.69) is 128 Å². The lowest BCUT2D eigenvalue weighted by molar-refractivity contribution is -0.385. The molecule has 0 N–H and O–H groups in total. The molecule has 16 heteroatoms. The Balaban J connectivity index is 1.28. The topological polar surface area (TPSA) is 179 Å². The molecule has 8 rings (SSSR count). The molecule has 6 aromatic rings. The number of halogens is 2. The molecule has 0 saturated heterocycles. The number of nitrogens with zero attached hydrogens (tertiary/aromatic N) is 6. The van der Waals surface area contributed by atoms with Gasteiger partial charge in [-0.3, -0.25) is 40.5 Å². The fraction of sp³-hybridized carbons (Fsp3) is 0.156.